The molecule has 0 saturated heterocycles. The molecule has 10 heavy (non-hydrogen) atoms. The molecule has 0 aliphatic carbocycles. The van der Waals surface area contributed by atoms with Gasteiger partial charge in [0.15, 0.2) is 0 Å². The summed E-state index contributed by atoms with van der Waals surface area (Å²) in [6, 6.07) is 0. The van der Waals surface area contributed by atoms with E-state index in [0.29, 0.717) is 13.0 Å². The van der Waals surface area contributed by atoms with Gasteiger partial charge in [-0.1, -0.05) is 20.3 Å². The van der Waals surface area contributed by atoms with Crippen LogP contribution in [-0.2, 0) is 9.53 Å². The van der Waals surface area contributed by atoms with E-state index in [4.69, 9.17) is 4.74 Å². The molecule has 0 rings (SSSR count). The van der Waals surface area contributed by atoms with Crippen LogP contribution in [0.2, 0.25) is 0 Å². The van der Waals surface area contributed by atoms with Crippen molar-refractivity contribution in [3.8, 4) is 0 Å². The second kappa shape index (κ2) is 8.76. The Bertz CT molecular complexity index is 83.7. The maximum absolute atomic E-state index is 10.5. The first-order valence-corrected chi connectivity index (χ1v) is 3.46. The SMILES string of the molecule is CCCCOC(=O)CC.Cl. The summed E-state index contributed by atoms with van der Waals surface area (Å²) in [6.45, 7) is 4.46. The van der Waals surface area contributed by atoms with Crippen LogP contribution in [0.15, 0.2) is 0 Å². The van der Waals surface area contributed by atoms with E-state index in [1.807, 2.05) is 0 Å². The third-order valence-corrected chi connectivity index (χ3v) is 1.05. The van der Waals surface area contributed by atoms with E-state index in [-0.39, 0.29) is 18.4 Å². The summed E-state index contributed by atoms with van der Waals surface area (Å²) in [7, 11) is 0. The first-order valence-electron chi connectivity index (χ1n) is 3.46. The van der Waals surface area contributed by atoms with E-state index in [9.17, 15) is 4.79 Å². The molecule has 0 unspecified atom stereocenters. The lowest BCUT2D eigenvalue weighted by Crippen LogP contribution is -2.02. The quantitative estimate of drug-likeness (QED) is 0.473. The van der Waals surface area contributed by atoms with Crippen LogP contribution in [0.1, 0.15) is 33.1 Å². The van der Waals surface area contributed by atoms with Crippen molar-refractivity contribution in [2.45, 2.75) is 33.1 Å². The minimum atomic E-state index is -0.0940. The minimum Gasteiger partial charge on any atom is -0.466 e. The van der Waals surface area contributed by atoms with E-state index in [1.54, 1.807) is 6.92 Å². The van der Waals surface area contributed by atoms with Gasteiger partial charge in [0.05, 0.1) is 6.61 Å². The summed E-state index contributed by atoms with van der Waals surface area (Å²) in [5, 5.41) is 0. The van der Waals surface area contributed by atoms with Gasteiger partial charge in [0.2, 0.25) is 0 Å². The third kappa shape index (κ3) is 7.76. The topological polar surface area (TPSA) is 26.3 Å². The molecule has 0 saturated carbocycles. The highest BCUT2D eigenvalue weighted by molar-refractivity contribution is 5.85. The molecule has 0 heterocycles. The molecule has 0 radical (unpaired) electrons. The zero-order valence-electron chi connectivity index (χ0n) is 6.55. The number of halogens is 1. The molecule has 0 aliphatic rings. The number of hydrogen-bond acceptors (Lipinski definition) is 2. The number of rotatable bonds is 4. The highest BCUT2D eigenvalue weighted by atomic mass is 35.5. The predicted molar refractivity (Wildman–Crippen MR) is 43.4 cm³/mol. The molecule has 62 valence electrons. The molecular weight excluding hydrogens is 152 g/mol. The van der Waals surface area contributed by atoms with Gasteiger partial charge in [0.1, 0.15) is 0 Å². The molecule has 0 aromatic rings. The Morgan fingerprint density at radius 3 is 2.40 bits per heavy atom. The van der Waals surface area contributed by atoms with Gasteiger partial charge in [-0.05, 0) is 6.42 Å². The Morgan fingerprint density at radius 1 is 1.40 bits per heavy atom. The lowest BCUT2D eigenvalue weighted by molar-refractivity contribution is -0.143. The van der Waals surface area contributed by atoms with Crippen LogP contribution in [0, 0.1) is 0 Å². The molecule has 0 aliphatic heterocycles. The Labute approximate surface area is 68.4 Å². The van der Waals surface area contributed by atoms with Gasteiger partial charge in [0.25, 0.3) is 0 Å². The summed E-state index contributed by atoms with van der Waals surface area (Å²) >= 11 is 0. The highest BCUT2D eigenvalue weighted by Gasteiger charge is 1.94. The summed E-state index contributed by atoms with van der Waals surface area (Å²) in [4.78, 5) is 10.5. The molecule has 2 nitrogen and oxygen atoms in total. The van der Waals surface area contributed by atoms with Crippen molar-refractivity contribution in [2.24, 2.45) is 0 Å². The predicted octanol–water partition coefficient (Wildman–Crippen LogP) is 2.16. The van der Waals surface area contributed by atoms with E-state index < -0.39 is 0 Å². The van der Waals surface area contributed by atoms with Crippen molar-refractivity contribution in [1.82, 2.24) is 0 Å². The van der Waals surface area contributed by atoms with Crippen LogP contribution in [0.25, 0.3) is 0 Å². The van der Waals surface area contributed by atoms with Crippen molar-refractivity contribution >= 4 is 18.4 Å². The van der Waals surface area contributed by atoms with Crippen LogP contribution in [-0.4, -0.2) is 12.6 Å². The van der Waals surface area contributed by atoms with Crippen LogP contribution in [0.3, 0.4) is 0 Å². The first kappa shape index (κ1) is 12.4. The fourth-order valence-electron chi connectivity index (χ4n) is 0.432. The van der Waals surface area contributed by atoms with E-state index in [0.717, 1.165) is 12.8 Å². The van der Waals surface area contributed by atoms with Gasteiger partial charge >= 0.3 is 5.97 Å². The second-order valence-electron chi connectivity index (χ2n) is 1.93. The molecule has 0 aromatic carbocycles. The molecule has 0 atom stereocenters. The van der Waals surface area contributed by atoms with E-state index in [1.165, 1.54) is 0 Å². The van der Waals surface area contributed by atoms with Gasteiger partial charge in [0, 0.05) is 6.42 Å². The summed E-state index contributed by atoms with van der Waals surface area (Å²) in [5.74, 6) is -0.0940. The average molecular weight is 167 g/mol. The first-order chi connectivity index (χ1) is 4.31. The van der Waals surface area contributed by atoms with Gasteiger partial charge < -0.3 is 4.74 Å². The Balaban J connectivity index is 0. The standard InChI is InChI=1S/C7H14O2.ClH/c1-3-5-6-9-7(8)4-2;/h3-6H2,1-2H3;1H. The number of esters is 1. The number of hydrogen-bond donors (Lipinski definition) is 0. The molecule has 0 bridgehead atoms. The molecular formula is C7H15ClO2. The van der Waals surface area contributed by atoms with Crippen molar-refractivity contribution < 1.29 is 9.53 Å². The van der Waals surface area contributed by atoms with Gasteiger partial charge in [-0.15, -0.1) is 12.4 Å². The Kier molecular flexibility index (Phi) is 10.9. The van der Waals surface area contributed by atoms with Gasteiger partial charge in [-0.3, -0.25) is 4.79 Å². The second-order valence-corrected chi connectivity index (χ2v) is 1.93. The maximum atomic E-state index is 10.5. The van der Waals surface area contributed by atoms with Crippen molar-refractivity contribution in [2.75, 3.05) is 6.61 Å². The summed E-state index contributed by atoms with van der Waals surface area (Å²) < 4.78 is 4.79. The zero-order chi connectivity index (χ0) is 7.11. The monoisotopic (exact) mass is 166 g/mol. The Morgan fingerprint density at radius 2 is 2.00 bits per heavy atom. The van der Waals surface area contributed by atoms with Crippen molar-refractivity contribution in [3.63, 3.8) is 0 Å². The Hall–Kier alpha value is -0.240. The molecule has 3 heteroatoms. The van der Waals surface area contributed by atoms with Crippen LogP contribution >= 0.6 is 12.4 Å². The van der Waals surface area contributed by atoms with Crippen molar-refractivity contribution in [3.05, 3.63) is 0 Å². The van der Waals surface area contributed by atoms with Crippen molar-refractivity contribution in [1.29, 1.82) is 0 Å². The number of carbonyl (C=O) groups excluding carboxylic acids is 1. The summed E-state index contributed by atoms with van der Waals surface area (Å²) in [6.07, 6.45) is 2.55. The molecule has 0 N–H and O–H groups in total. The normalized spacial score (nSPS) is 8.20. The lowest BCUT2D eigenvalue weighted by Gasteiger charge is -1.99. The highest BCUT2D eigenvalue weighted by Crippen LogP contribution is 1.90. The van der Waals surface area contributed by atoms with Gasteiger partial charge in [-0.25, -0.2) is 0 Å². The number of carbonyl (C=O) groups is 1. The number of ether oxygens (including phenoxy) is 1. The van der Waals surface area contributed by atoms with Gasteiger partial charge in [-0.2, -0.15) is 0 Å². The van der Waals surface area contributed by atoms with Crippen LogP contribution in [0.5, 0.6) is 0 Å². The molecule has 0 spiro atoms. The molecule has 0 fully saturated rings. The smallest absolute Gasteiger partial charge is 0.305 e. The number of unbranched alkanes of at least 4 members (excludes halogenated alkanes) is 1. The molecule has 0 aromatic heterocycles. The van der Waals surface area contributed by atoms with Crippen LogP contribution < -0.4 is 0 Å². The summed E-state index contributed by atoms with van der Waals surface area (Å²) in [5.41, 5.74) is 0. The van der Waals surface area contributed by atoms with E-state index in [2.05, 4.69) is 6.92 Å². The fraction of sp³-hybridized carbons (Fsp3) is 0.857. The van der Waals surface area contributed by atoms with E-state index >= 15 is 0 Å². The third-order valence-electron chi connectivity index (χ3n) is 1.05. The lowest BCUT2D eigenvalue weighted by atomic mass is 10.4. The van der Waals surface area contributed by atoms with Crippen LogP contribution in [0.4, 0.5) is 0 Å². The zero-order valence-corrected chi connectivity index (χ0v) is 7.37. The fourth-order valence-corrected chi connectivity index (χ4v) is 0.432. The average Bonchev–Trinajstić information content (AvgIpc) is 1.89. The minimum absolute atomic E-state index is 0. The molecule has 0 amide bonds. The maximum Gasteiger partial charge on any atom is 0.305 e. The largest absolute Gasteiger partial charge is 0.466 e.